The van der Waals surface area contributed by atoms with Gasteiger partial charge in [0.05, 0.1) is 0 Å². The number of furan rings is 1. The Morgan fingerprint density at radius 3 is 1.13 bits per heavy atom. The molecule has 0 aliphatic carbocycles. The SMILES string of the molecule is c1ccc(-c2nc(-c3ccccc3)nc(-c3ccc(-c4cc(-c5ccccc5)c5c(c4)oc4ccccc45)c(-c4nc(-c5ccccc5)nc(-c5ccccc5)n4)c3)n2)cc1. The van der Waals surface area contributed by atoms with Gasteiger partial charge in [0.2, 0.25) is 0 Å². The Morgan fingerprint density at radius 2 is 0.639 bits per heavy atom. The second kappa shape index (κ2) is 15.4. The molecule has 8 aromatic carbocycles. The molecule has 0 N–H and O–H groups in total. The van der Waals surface area contributed by atoms with E-state index in [-0.39, 0.29) is 0 Å². The molecular weight excluding hydrogens is 749 g/mol. The lowest BCUT2D eigenvalue weighted by Gasteiger charge is -2.15. The number of hydrogen-bond acceptors (Lipinski definition) is 7. The summed E-state index contributed by atoms with van der Waals surface area (Å²) in [4.78, 5) is 30.6. The van der Waals surface area contributed by atoms with Crippen molar-refractivity contribution in [2.24, 2.45) is 0 Å². The third-order valence-corrected chi connectivity index (χ3v) is 10.8. The number of nitrogens with zero attached hydrogens (tertiary/aromatic N) is 6. The van der Waals surface area contributed by atoms with Crippen LogP contribution in [0.25, 0.3) is 113 Å². The molecule has 0 fully saturated rings. The van der Waals surface area contributed by atoms with E-state index in [9.17, 15) is 0 Å². The number of hydrogen-bond donors (Lipinski definition) is 0. The van der Waals surface area contributed by atoms with Crippen LogP contribution in [0.15, 0.2) is 211 Å². The second-order valence-electron chi connectivity index (χ2n) is 14.7. The van der Waals surface area contributed by atoms with Crippen LogP contribution < -0.4 is 0 Å². The lowest BCUT2D eigenvalue weighted by molar-refractivity contribution is 0.669. The van der Waals surface area contributed by atoms with Crippen LogP contribution in [0.3, 0.4) is 0 Å². The first-order valence-electron chi connectivity index (χ1n) is 20.1. The minimum absolute atomic E-state index is 0.510. The van der Waals surface area contributed by atoms with Crippen molar-refractivity contribution in [3.05, 3.63) is 206 Å². The van der Waals surface area contributed by atoms with Gasteiger partial charge < -0.3 is 4.42 Å². The molecular formula is C54H34N6O. The summed E-state index contributed by atoms with van der Waals surface area (Å²) in [6, 6.07) is 69.4. The van der Waals surface area contributed by atoms with Gasteiger partial charge in [-0.25, -0.2) is 29.9 Å². The Morgan fingerprint density at radius 1 is 0.246 bits per heavy atom. The Labute approximate surface area is 351 Å². The van der Waals surface area contributed by atoms with Crippen LogP contribution in [0.1, 0.15) is 0 Å². The van der Waals surface area contributed by atoms with Crippen LogP contribution in [0.5, 0.6) is 0 Å². The van der Waals surface area contributed by atoms with Crippen molar-refractivity contribution < 1.29 is 4.42 Å². The van der Waals surface area contributed by atoms with Crippen LogP contribution in [0.4, 0.5) is 0 Å². The quantitative estimate of drug-likeness (QED) is 0.152. The highest BCUT2D eigenvalue weighted by atomic mass is 16.3. The first-order chi connectivity index (χ1) is 30.2. The van der Waals surface area contributed by atoms with E-state index in [2.05, 4.69) is 66.7 Å². The van der Waals surface area contributed by atoms with Gasteiger partial charge in [0.1, 0.15) is 11.2 Å². The Balaban J connectivity index is 1.19. The van der Waals surface area contributed by atoms with Gasteiger partial charge in [-0.3, -0.25) is 0 Å². The van der Waals surface area contributed by atoms with Crippen LogP contribution >= 0.6 is 0 Å². The highest BCUT2D eigenvalue weighted by molar-refractivity contribution is 6.14. The predicted octanol–water partition coefficient (Wildman–Crippen LogP) is 13.3. The van der Waals surface area contributed by atoms with E-state index in [4.69, 9.17) is 34.3 Å². The van der Waals surface area contributed by atoms with Crippen LogP contribution in [-0.4, -0.2) is 29.9 Å². The molecule has 0 radical (unpaired) electrons. The van der Waals surface area contributed by atoms with Crippen LogP contribution in [-0.2, 0) is 0 Å². The van der Waals surface area contributed by atoms with Gasteiger partial charge in [-0.05, 0) is 46.5 Å². The molecule has 286 valence electrons. The van der Waals surface area contributed by atoms with Gasteiger partial charge in [0.25, 0.3) is 0 Å². The standard InChI is InChI=1S/C54H34N6O/c1-6-18-35(19-7-1)44-33-41(34-47-48(44)43-28-16-17-29-46(43)61-47)42-31-30-40(53-57-49(36-20-8-2-9-21-36)55-50(58-53)37-22-10-3-11-23-37)32-45(42)54-59-51(38-24-12-4-13-25-38)56-52(60-54)39-26-14-5-15-27-39/h1-34H. The van der Waals surface area contributed by atoms with Crippen molar-refractivity contribution in [2.75, 3.05) is 0 Å². The number of fused-ring (bicyclic) bond motifs is 3. The van der Waals surface area contributed by atoms with Crippen molar-refractivity contribution in [3.8, 4) is 90.6 Å². The molecule has 0 amide bonds. The third kappa shape index (κ3) is 6.90. The van der Waals surface area contributed by atoms with Gasteiger partial charge in [0.15, 0.2) is 34.9 Å². The highest BCUT2D eigenvalue weighted by Gasteiger charge is 2.22. The summed E-state index contributed by atoms with van der Waals surface area (Å²) >= 11 is 0. The van der Waals surface area contributed by atoms with Crippen molar-refractivity contribution in [1.82, 2.24) is 29.9 Å². The van der Waals surface area contributed by atoms with E-state index in [1.165, 1.54) is 0 Å². The van der Waals surface area contributed by atoms with Crippen molar-refractivity contribution in [3.63, 3.8) is 0 Å². The fraction of sp³-hybridized carbons (Fsp3) is 0. The van der Waals surface area contributed by atoms with Crippen LogP contribution in [0, 0.1) is 0 Å². The zero-order valence-electron chi connectivity index (χ0n) is 32.7. The smallest absolute Gasteiger partial charge is 0.164 e. The zero-order valence-corrected chi connectivity index (χ0v) is 32.7. The molecule has 0 saturated heterocycles. The Hall–Kier alpha value is -8.42. The maximum Gasteiger partial charge on any atom is 0.164 e. The fourth-order valence-corrected chi connectivity index (χ4v) is 7.84. The fourth-order valence-electron chi connectivity index (χ4n) is 7.84. The number of aromatic nitrogens is 6. The summed E-state index contributed by atoms with van der Waals surface area (Å²) in [5, 5.41) is 2.13. The molecule has 0 atom stereocenters. The first kappa shape index (κ1) is 35.7. The van der Waals surface area contributed by atoms with E-state index in [0.29, 0.717) is 34.9 Å². The van der Waals surface area contributed by atoms with E-state index in [0.717, 1.165) is 77.6 Å². The molecule has 3 aromatic heterocycles. The largest absolute Gasteiger partial charge is 0.456 e. The molecule has 0 saturated carbocycles. The molecule has 7 heteroatoms. The molecule has 7 nitrogen and oxygen atoms in total. The summed E-state index contributed by atoms with van der Waals surface area (Å²) in [7, 11) is 0. The van der Waals surface area contributed by atoms with Crippen molar-refractivity contribution in [2.45, 2.75) is 0 Å². The molecule has 0 aliphatic rings. The molecule has 11 rings (SSSR count). The highest BCUT2D eigenvalue weighted by Crippen LogP contribution is 2.43. The number of benzene rings is 8. The monoisotopic (exact) mass is 782 g/mol. The van der Waals surface area contributed by atoms with Gasteiger partial charge in [-0.2, -0.15) is 0 Å². The van der Waals surface area contributed by atoms with Gasteiger partial charge in [0, 0.05) is 44.2 Å². The third-order valence-electron chi connectivity index (χ3n) is 10.8. The molecule has 61 heavy (non-hydrogen) atoms. The summed E-state index contributed by atoms with van der Waals surface area (Å²) in [6.07, 6.45) is 0. The summed E-state index contributed by atoms with van der Waals surface area (Å²) in [5.41, 5.74) is 10.7. The summed E-state index contributed by atoms with van der Waals surface area (Å²) < 4.78 is 6.61. The number of rotatable bonds is 8. The van der Waals surface area contributed by atoms with Crippen LogP contribution in [0.2, 0.25) is 0 Å². The first-order valence-corrected chi connectivity index (χ1v) is 20.1. The van der Waals surface area contributed by atoms with E-state index in [1.807, 2.05) is 140 Å². The minimum atomic E-state index is 0.510. The van der Waals surface area contributed by atoms with Crippen molar-refractivity contribution >= 4 is 21.9 Å². The predicted molar refractivity (Wildman–Crippen MR) is 244 cm³/mol. The average molecular weight is 783 g/mol. The number of para-hydroxylation sites is 1. The summed E-state index contributed by atoms with van der Waals surface area (Å²) in [6.45, 7) is 0. The lowest BCUT2D eigenvalue weighted by atomic mass is 9.91. The van der Waals surface area contributed by atoms with E-state index in [1.54, 1.807) is 0 Å². The minimum Gasteiger partial charge on any atom is -0.456 e. The normalized spacial score (nSPS) is 11.3. The van der Waals surface area contributed by atoms with Gasteiger partial charge in [-0.15, -0.1) is 0 Å². The van der Waals surface area contributed by atoms with E-state index >= 15 is 0 Å². The summed E-state index contributed by atoms with van der Waals surface area (Å²) in [5.74, 6) is 3.33. The molecule has 0 aliphatic heterocycles. The topological polar surface area (TPSA) is 90.5 Å². The van der Waals surface area contributed by atoms with Crippen molar-refractivity contribution in [1.29, 1.82) is 0 Å². The van der Waals surface area contributed by atoms with E-state index < -0.39 is 0 Å². The Bertz CT molecular complexity index is 3220. The Kier molecular flexibility index (Phi) is 9.02. The average Bonchev–Trinajstić information content (AvgIpc) is 3.73. The second-order valence-corrected chi connectivity index (χ2v) is 14.7. The molecule has 0 spiro atoms. The maximum atomic E-state index is 6.61. The zero-order chi connectivity index (χ0) is 40.5. The molecule has 0 unspecified atom stereocenters. The maximum absolute atomic E-state index is 6.61. The molecule has 11 aromatic rings. The lowest BCUT2D eigenvalue weighted by Crippen LogP contribution is -2.03. The molecule has 0 bridgehead atoms. The van der Waals surface area contributed by atoms with Gasteiger partial charge in [-0.1, -0.05) is 182 Å². The molecule has 3 heterocycles. The van der Waals surface area contributed by atoms with Gasteiger partial charge >= 0.3 is 0 Å².